The lowest BCUT2D eigenvalue weighted by atomic mass is 10.2. The van der Waals surface area contributed by atoms with Gasteiger partial charge in [-0.2, -0.15) is 5.10 Å². The van der Waals surface area contributed by atoms with Gasteiger partial charge in [0.1, 0.15) is 0 Å². The Bertz CT molecular complexity index is 507. The van der Waals surface area contributed by atoms with Gasteiger partial charge in [0.2, 0.25) is 5.91 Å². The maximum Gasteiger partial charge on any atom is 0.360 e. The second-order valence-corrected chi connectivity index (χ2v) is 4.73. The molecule has 6 heteroatoms. The van der Waals surface area contributed by atoms with Crippen LogP contribution in [0.15, 0.2) is 0 Å². The van der Waals surface area contributed by atoms with E-state index in [1.807, 2.05) is 6.92 Å². The number of rotatable bonds is 3. The van der Waals surface area contributed by atoms with Crippen molar-refractivity contribution in [3.63, 3.8) is 0 Å². The van der Waals surface area contributed by atoms with Crippen LogP contribution in [0.25, 0.3) is 0 Å². The van der Waals surface area contributed by atoms with Gasteiger partial charge in [-0.15, -0.1) is 0 Å². The summed E-state index contributed by atoms with van der Waals surface area (Å²) in [5.74, 6) is -0.125. The van der Waals surface area contributed by atoms with Gasteiger partial charge in [-0.25, -0.2) is 4.79 Å². The first-order chi connectivity index (χ1) is 8.45. The summed E-state index contributed by atoms with van der Waals surface area (Å²) in [4.78, 5) is 23.5. The SMILES string of the molecule is COC(=O)c1nn(C)c(C)c1NC(=O)C1CC1C. The Morgan fingerprint density at radius 2 is 2.11 bits per heavy atom. The molecule has 1 saturated carbocycles. The lowest BCUT2D eigenvalue weighted by Gasteiger charge is -2.05. The molecule has 1 N–H and O–H groups in total. The molecule has 6 nitrogen and oxygen atoms in total. The number of nitrogens with zero attached hydrogens (tertiary/aromatic N) is 2. The number of nitrogens with one attached hydrogen (secondary N) is 1. The predicted molar refractivity (Wildman–Crippen MR) is 65.2 cm³/mol. The molecule has 2 atom stereocenters. The average Bonchev–Trinajstić information content (AvgIpc) is 3.01. The topological polar surface area (TPSA) is 73.2 Å². The third-order valence-corrected chi connectivity index (χ3v) is 3.41. The molecule has 0 radical (unpaired) electrons. The van der Waals surface area contributed by atoms with E-state index in [2.05, 4.69) is 15.2 Å². The highest BCUT2D eigenvalue weighted by atomic mass is 16.5. The van der Waals surface area contributed by atoms with E-state index in [-0.39, 0.29) is 17.5 Å². The highest BCUT2D eigenvalue weighted by Gasteiger charge is 2.40. The van der Waals surface area contributed by atoms with Gasteiger partial charge in [-0.1, -0.05) is 6.92 Å². The molecule has 1 amide bonds. The van der Waals surface area contributed by atoms with Crippen LogP contribution in [-0.4, -0.2) is 28.8 Å². The van der Waals surface area contributed by atoms with Crippen LogP contribution in [0.1, 0.15) is 29.5 Å². The van der Waals surface area contributed by atoms with Crippen molar-refractivity contribution in [2.45, 2.75) is 20.3 Å². The minimum absolute atomic E-state index is 0.0510. The summed E-state index contributed by atoms with van der Waals surface area (Å²) in [6.45, 7) is 3.83. The van der Waals surface area contributed by atoms with Crippen molar-refractivity contribution in [2.24, 2.45) is 18.9 Å². The number of hydrogen-bond donors (Lipinski definition) is 1. The number of carbonyl (C=O) groups is 2. The van der Waals surface area contributed by atoms with Crippen LogP contribution in [-0.2, 0) is 16.6 Å². The van der Waals surface area contributed by atoms with Gasteiger partial charge in [0.25, 0.3) is 0 Å². The van der Waals surface area contributed by atoms with Gasteiger partial charge in [0.15, 0.2) is 5.69 Å². The number of carbonyl (C=O) groups excluding carboxylic acids is 2. The molecule has 1 aromatic heterocycles. The zero-order chi connectivity index (χ0) is 13.4. The number of hydrogen-bond acceptors (Lipinski definition) is 4. The number of aryl methyl sites for hydroxylation is 1. The zero-order valence-corrected chi connectivity index (χ0v) is 11.0. The van der Waals surface area contributed by atoms with Crippen LogP contribution in [0.2, 0.25) is 0 Å². The van der Waals surface area contributed by atoms with Crippen LogP contribution >= 0.6 is 0 Å². The zero-order valence-electron chi connectivity index (χ0n) is 11.0. The van der Waals surface area contributed by atoms with Crippen LogP contribution in [0.4, 0.5) is 5.69 Å². The predicted octanol–water partition coefficient (Wildman–Crippen LogP) is 1.11. The Morgan fingerprint density at radius 1 is 1.50 bits per heavy atom. The van der Waals surface area contributed by atoms with Crippen molar-refractivity contribution in [1.82, 2.24) is 9.78 Å². The van der Waals surface area contributed by atoms with Gasteiger partial charge < -0.3 is 10.1 Å². The number of esters is 1. The van der Waals surface area contributed by atoms with Crippen molar-refractivity contribution in [3.05, 3.63) is 11.4 Å². The molecule has 1 aromatic rings. The normalized spacial score (nSPS) is 21.6. The van der Waals surface area contributed by atoms with Crippen molar-refractivity contribution in [1.29, 1.82) is 0 Å². The standard InChI is InChI=1S/C12H17N3O3/c1-6-5-8(6)11(16)13-9-7(2)15(3)14-10(9)12(17)18-4/h6,8H,5H2,1-4H3,(H,13,16). The van der Waals surface area contributed by atoms with Gasteiger partial charge in [-0.3, -0.25) is 9.48 Å². The molecule has 0 spiro atoms. The third-order valence-electron chi connectivity index (χ3n) is 3.41. The molecule has 0 bridgehead atoms. The Morgan fingerprint density at radius 3 is 2.61 bits per heavy atom. The fourth-order valence-corrected chi connectivity index (χ4v) is 1.90. The molecule has 1 aliphatic carbocycles. The summed E-state index contributed by atoms with van der Waals surface area (Å²) >= 11 is 0. The Labute approximate surface area is 105 Å². The van der Waals surface area contributed by atoms with Gasteiger partial charge in [-0.05, 0) is 19.3 Å². The quantitative estimate of drug-likeness (QED) is 0.817. The van der Waals surface area contributed by atoms with Crippen molar-refractivity contribution >= 4 is 17.6 Å². The molecule has 1 fully saturated rings. The van der Waals surface area contributed by atoms with E-state index in [1.165, 1.54) is 7.11 Å². The Kier molecular flexibility index (Phi) is 3.11. The second kappa shape index (κ2) is 4.44. The molecule has 98 valence electrons. The van der Waals surface area contributed by atoms with E-state index in [1.54, 1.807) is 18.7 Å². The van der Waals surface area contributed by atoms with Crippen molar-refractivity contribution in [3.8, 4) is 0 Å². The summed E-state index contributed by atoms with van der Waals surface area (Å²) in [7, 11) is 3.01. The maximum atomic E-state index is 11.9. The van der Waals surface area contributed by atoms with Crippen LogP contribution in [0, 0.1) is 18.8 Å². The van der Waals surface area contributed by atoms with Crippen LogP contribution < -0.4 is 5.32 Å². The number of methoxy groups -OCH3 is 1. The highest BCUT2D eigenvalue weighted by molar-refractivity contribution is 6.02. The lowest BCUT2D eigenvalue weighted by molar-refractivity contribution is -0.117. The third kappa shape index (κ3) is 2.10. The molecule has 2 rings (SSSR count). The van der Waals surface area contributed by atoms with E-state index in [0.29, 0.717) is 11.6 Å². The number of anilines is 1. The minimum atomic E-state index is -0.544. The fourth-order valence-electron chi connectivity index (χ4n) is 1.90. The maximum absolute atomic E-state index is 11.9. The first kappa shape index (κ1) is 12.6. The monoisotopic (exact) mass is 251 g/mol. The summed E-state index contributed by atoms with van der Waals surface area (Å²) in [5, 5.41) is 6.84. The molecule has 0 aliphatic heterocycles. The smallest absolute Gasteiger partial charge is 0.360 e. The minimum Gasteiger partial charge on any atom is -0.464 e. The number of ether oxygens (including phenoxy) is 1. The van der Waals surface area contributed by atoms with Crippen molar-refractivity contribution < 1.29 is 14.3 Å². The lowest BCUT2D eigenvalue weighted by Crippen LogP contribution is -2.17. The van der Waals surface area contributed by atoms with Gasteiger partial charge in [0, 0.05) is 13.0 Å². The molecular formula is C12H17N3O3. The molecule has 0 saturated heterocycles. The summed E-state index contributed by atoms with van der Waals surface area (Å²) in [6, 6.07) is 0. The Balaban J connectivity index is 2.25. The summed E-state index contributed by atoms with van der Waals surface area (Å²) in [5.41, 5.74) is 1.34. The van der Waals surface area contributed by atoms with E-state index in [9.17, 15) is 9.59 Å². The Hall–Kier alpha value is -1.85. The van der Waals surface area contributed by atoms with Crippen molar-refractivity contribution in [2.75, 3.05) is 12.4 Å². The molecule has 2 unspecified atom stereocenters. The second-order valence-electron chi connectivity index (χ2n) is 4.73. The number of aromatic nitrogens is 2. The van der Waals surface area contributed by atoms with E-state index in [4.69, 9.17) is 0 Å². The number of amides is 1. The molecule has 1 aliphatic rings. The molecule has 18 heavy (non-hydrogen) atoms. The molecular weight excluding hydrogens is 234 g/mol. The van der Waals surface area contributed by atoms with E-state index < -0.39 is 5.97 Å². The van der Waals surface area contributed by atoms with E-state index in [0.717, 1.165) is 12.1 Å². The largest absolute Gasteiger partial charge is 0.464 e. The van der Waals surface area contributed by atoms with E-state index >= 15 is 0 Å². The van der Waals surface area contributed by atoms with Gasteiger partial charge in [0.05, 0.1) is 18.5 Å². The summed E-state index contributed by atoms with van der Waals surface area (Å²) < 4.78 is 6.21. The first-order valence-corrected chi connectivity index (χ1v) is 5.88. The highest BCUT2D eigenvalue weighted by Crippen LogP contribution is 2.38. The summed E-state index contributed by atoms with van der Waals surface area (Å²) in [6.07, 6.45) is 0.901. The first-order valence-electron chi connectivity index (χ1n) is 5.88. The molecule has 1 heterocycles. The fraction of sp³-hybridized carbons (Fsp3) is 0.583. The van der Waals surface area contributed by atoms with Crippen LogP contribution in [0.5, 0.6) is 0 Å². The van der Waals surface area contributed by atoms with Gasteiger partial charge >= 0.3 is 5.97 Å². The van der Waals surface area contributed by atoms with Crippen LogP contribution in [0.3, 0.4) is 0 Å². The average molecular weight is 251 g/mol. The molecule has 0 aromatic carbocycles.